The quantitative estimate of drug-likeness (QED) is 0.667. The predicted molar refractivity (Wildman–Crippen MR) is 79.8 cm³/mol. The first-order valence-corrected chi connectivity index (χ1v) is 8.46. The SMILES string of the molecule is CSc1ccccc1NS(=O)(=O)c1cc(N)c(F)cc1F. The number of rotatable bonds is 4. The number of hydrogen-bond donors (Lipinski definition) is 2. The van der Waals surface area contributed by atoms with Crippen LogP contribution < -0.4 is 10.5 Å². The highest BCUT2D eigenvalue weighted by Gasteiger charge is 2.22. The average molecular weight is 330 g/mol. The first-order chi connectivity index (χ1) is 9.85. The Labute approximate surface area is 125 Å². The summed E-state index contributed by atoms with van der Waals surface area (Å²) in [6, 6.07) is 7.87. The zero-order valence-corrected chi connectivity index (χ0v) is 12.6. The molecule has 0 aliphatic heterocycles. The van der Waals surface area contributed by atoms with Gasteiger partial charge in [-0.25, -0.2) is 17.2 Å². The molecule has 0 saturated heterocycles. The standard InChI is InChI=1S/C13H12F2N2O2S2/c1-20-12-5-3-2-4-11(12)17-21(18,19)13-7-10(16)8(14)6-9(13)15/h2-7,17H,16H2,1H3. The molecule has 8 heteroatoms. The summed E-state index contributed by atoms with van der Waals surface area (Å²) < 4.78 is 53.5. The molecule has 0 amide bonds. The number of nitrogens with two attached hydrogens (primary N) is 1. The normalized spacial score (nSPS) is 11.4. The summed E-state index contributed by atoms with van der Waals surface area (Å²) in [6.45, 7) is 0. The molecule has 0 spiro atoms. The van der Waals surface area contributed by atoms with E-state index in [-0.39, 0.29) is 0 Å². The average Bonchev–Trinajstić information content (AvgIpc) is 2.43. The van der Waals surface area contributed by atoms with E-state index >= 15 is 0 Å². The van der Waals surface area contributed by atoms with Gasteiger partial charge >= 0.3 is 0 Å². The van der Waals surface area contributed by atoms with E-state index in [1.54, 1.807) is 30.5 Å². The minimum absolute atomic E-state index is 0.312. The molecular formula is C13H12F2N2O2S2. The number of nitrogens with one attached hydrogen (secondary N) is 1. The third kappa shape index (κ3) is 3.27. The third-order valence-corrected chi connectivity index (χ3v) is 4.87. The number of hydrogen-bond acceptors (Lipinski definition) is 4. The molecule has 112 valence electrons. The molecule has 0 aliphatic rings. The molecule has 0 radical (unpaired) electrons. The fourth-order valence-electron chi connectivity index (χ4n) is 1.68. The lowest BCUT2D eigenvalue weighted by molar-refractivity contribution is 0.553. The molecule has 0 aliphatic carbocycles. The largest absolute Gasteiger partial charge is 0.396 e. The van der Waals surface area contributed by atoms with Gasteiger partial charge in [0.2, 0.25) is 0 Å². The van der Waals surface area contributed by atoms with Crippen molar-refractivity contribution in [3.63, 3.8) is 0 Å². The number of anilines is 2. The zero-order chi connectivity index (χ0) is 15.6. The Hall–Kier alpha value is -1.80. The molecule has 0 heterocycles. The van der Waals surface area contributed by atoms with Crippen molar-refractivity contribution < 1.29 is 17.2 Å². The second-order valence-corrected chi connectivity index (χ2v) is 6.61. The smallest absolute Gasteiger partial charge is 0.264 e. The Morgan fingerprint density at radius 1 is 1.14 bits per heavy atom. The van der Waals surface area contributed by atoms with Crippen molar-refractivity contribution >= 4 is 33.2 Å². The van der Waals surface area contributed by atoms with E-state index in [1.165, 1.54) is 11.8 Å². The molecule has 0 fully saturated rings. The van der Waals surface area contributed by atoms with Crippen LogP contribution in [0, 0.1) is 11.6 Å². The van der Waals surface area contributed by atoms with Crippen LogP contribution in [-0.2, 0) is 10.0 Å². The van der Waals surface area contributed by atoms with E-state index in [2.05, 4.69) is 4.72 Å². The maximum Gasteiger partial charge on any atom is 0.264 e. The van der Waals surface area contributed by atoms with Crippen LogP contribution in [0.3, 0.4) is 0 Å². The minimum atomic E-state index is -4.20. The summed E-state index contributed by atoms with van der Waals surface area (Å²) in [7, 11) is -4.20. The van der Waals surface area contributed by atoms with E-state index in [0.717, 1.165) is 6.07 Å². The Kier molecular flexibility index (Phi) is 4.38. The van der Waals surface area contributed by atoms with Crippen LogP contribution in [-0.4, -0.2) is 14.7 Å². The number of sulfonamides is 1. The molecule has 0 unspecified atom stereocenters. The number of nitrogen functional groups attached to an aromatic ring is 1. The van der Waals surface area contributed by atoms with Crippen LogP contribution in [0.1, 0.15) is 0 Å². The van der Waals surface area contributed by atoms with Crippen LogP contribution in [0.2, 0.25) is 0 Å². The van der Waals surface area contributed by atoms with E-state index in [1.807, 2.05) is 0 Å². The molecule has 2 aromatic carbocycles. The third-order valence-electron chi connectivity index (χ3n) is 2.69. The number of para-hydroxylation sites is 1. The van der Waals surface area contributed by atoms with Crippen molar-refractivity contribution in [2.75, 3.05) is 16.7 Å². The Balaban J connectivity index is 2.46. The highest BCUT2D eigenvalue weighted by atomic mass is 32.2. The predicted octanol–water partition coefficient (Wildman–Crippen LogP) is 3.07. The molecule has 0 aromatic heterocycles. The molecular weight excluding hydrogens is 318 g/mol. The molecule has 21 heavy (non-hydrogen) atoms. The highest BCUT2D eigenvalue weighted by molar-refractivity contribution is 7.99. The van der Waals surface area contributed by atoms with Gasteiger partial charge in [0, 0.05) is 11.0 Å². The maximum atomic E-state index is 13.7. The van der Waals surface area contributed by atoms with Gasteiger partial charge in [0.25, 0.3) is 10.0 Å². The van der Waals surface area contributed by atoms with Gasteiger partial charge in [0.05, 0.1) is 11.4 Å². The van der Waals surface area contributed by atoms with E-state index in [0.29, 0.717) is 16.6 Å². The Bertz CT molecular complexity index is 780. The molecule has 4 nitrogen and oxygen atoms in total. The summed E-state index contributed by atoms with van der Waals surface area (Å²) in [5.74, 6) is -2.20. The summed E-state index contributed by atoms with van der Waals surface area (Å²) in [4.78, 5) is -0.0196. The van der Waals surface area contributed by atoms with E-state index < -0.39 is 32.2 Å². The summed E-state index contributed by atoms with van der Waals surface area (Å²) >= 11 is 1.34. The van der Waals surface area contributed by atoms with Gasteiger partial charge in [-0.05, 0) is 24.5 Å². The van der Waals surface area contributed by atoms with Crippen LogP contribution in [0.4, 0.5) is 20.2 Å². The molecule has 2 rings (SSSR count). The van der Waals surface area contributed by atoms with Gasteiger partial charge in [-0.3, -0.25) is 4.72 Å². The van der Waals surface area contributed by atoms with Gasteiger partial charge in [-0.1, -0.05) is 12.1 Å². The van der Waals surface area contributed by atoms with Crippen LogP contribution in [0.5, 0.6) is 0 Å². The second-order valence-electron chi connectivity index (χ2n) is 4.11. The van der Waals surface area contributed by atoms with Crippen molar-refractivity contribution in [3.05, 3.63) is 48.0 Å². The van der Waals surface area contributed by atoms with Crippen molar-refractivity contribution in [2.24, 2.45) is 0 Å². The van der Waals surface area contributed by atoms with Crippen molar-refractivity contribution in [1.29, 1.82) is 0 Å². The van der Waals surface area contributed by atoms with E-state index in [9.17, 15) is 17.2 Å². The minimum Gasteiger partial charge on any atom is -0.396 e. The number of halogens is 2. The lowest BCUT2D eigenvalue weighted by Crippen LogP contribution is -2.16. The van der Waals surface area contributed by atoms with Crippen molar-refractivity contribution in [3.8, 4) is 0 Å². The Morgan fingerprint density at radius 2 is 1.81 bits per heavy atom. The summed E-state index contributed by atoms with van der Waals surface area (Å²) in [6.07, 6.45) is 1.78. The lowest BCUT2D eigenvalue weighted by atomic mass is 10.3. The summed E-state index contributed by atoms with van der Waals surface area (Å²) in [5.41, 5.74) is 5.17. The van der Waals surface area contributed by atoms with Crippen molar-refractivity contribution in [2.45, 2.75) is 9.79 Å². The monoisotopic (exact) mass is 330 g/mol. The van der Waals surface area contributed by atoms with Crippen LogP contribution >= 0.6 is 11.8 Å². The molecule has 0 saturated carbocycles. The molecule has 3 N–H and O–H groups in total. The van der Waals surface area contributed by atoms with Gasteiger partial charge in [0.15, 0.2) is 0 Å². The van der Waals surface area contributed by atoms with Crippen molar-refractivity contribution in [1.82, 2.24) is 0 Å². The zero-order valence-electron chi connectivity index (χ0n) is 10.9. The van der Waals surface area contributed by atoms with Gasteiger partial charge in [0.1, 0.15) is 16.5 Å². The molecule has 0 atom stereocenters. The van der Waals surface area contributed by atoms with E-state index in [4.69, 9.17) is 5.73 Å². The van der Waals surface area contributed by atoms with Gasteiger partial charge in [-0.15, -0.1) is 11.8 Å². The molecule has 0 bridgehead atoms. The Morgan fingerprint density at radius 3 is 2.48 bits per heavy atom. The number of thioether (sulfide) groups is 1. The first-order valence-electron chi connectivity index (χ1n) is 5.75. The lowest BCUT2D eigenvalue weighted by Gasteiger charge is -2.12. The topological polar surface area (TPSA) is 72.2 Å². The maximum absolute atomic E-state index is 13.7. The van der Waals surface area contributed by atoms with Crippen LogP contribution in [0.25, 0.3) is 0 Å². The highest BCUT2D eigenvalue weighted by Crippen LogP contribution is 2.28. The number of benzene rings is 2. The fourth-order valence-corrected chi connectivity index (χ4v) is 3.47. The van der Waals surface area contributed by atoms with Gasteiger partial charge < -0.3 is 5.73 Å². The second kappa shape index (κ2) is 5.90. The van der Waals surface area contributed by atoms with Crippen LogP contribution in [0.15, 0.2) is 46.2 Å². The fraction of sp³-hybridized carbons (Fsp3) is 0.0769. The van der Waals surface area contributed by atoms with Gasteiger partial charge in [-0.2, -0.15) is 0 Å². The summed E-state index contributed by atoms with van der Waals surface area (Å²) in [5, 5.41) is 0. The molecule has 2 aromatic rings. The first kappa shape index (κ1) is 15.6.